The van der Waals surface area contributed by atoms with Crippen molar-refractivity contribution < 1.29 is 13.9 Å². The zero-order chi connectivity index (χ0) is 22.7. The van der Waals surface area contributed by atoms with Gasteiger partial charge in [0.2, 0.25) is 12.1 Å². The van der Waals surface area contributed by atoms with Crippen molar-refractivity contribution in [3.63, 3.8) is 0 Å². The van der Waals surface area contributed by atoms with Gasteiger partial charge in [0.25, 0.3) is 11.9 Å². The van der Waals surface area contributed by atoms with E-state index >= 15 is 0 Å². The van der Waals surface area contributed by atoms with E-state index in [4.69, 9.17) is 15.6 Å². The van der Waals surface area contributed by atoms with Gasteiger partial charge in [-0.3, -0.25) is 15.6 Å². The van der Waals surface area contributed by atoms with Gasteiger partial charge in [-0.05, 0) is 30.3 Å². The van der Waals surface area contributed by atoms with E-state index in [9.17, 15) is 9.18 Å². The second-order valence-electron chi connectivity index (χ2n) is 7.07. The number of amidine groups is 1. The molecule has 1 heterocycles. The number of nitrogens with zero attached hydrogens (tertiary/aromatic N) is 2. The summed E-state index contributed by atoms with van der Waals surface area (Å²) >= 11 is 0. The van der Waals surface area contributed by atoms with E-state index in [2.05, 4.69) is 10.3 Å². The highest BCUT2D eigenvalue weighted by Crippen LogP contribution is 2.27. The van der Waals surface area contributed by atoms with Crippen LogP contribution in [0.15, 0.2) is 83.9 Å². The van der Waals surface area contributed by atoms with Crippen LogP contribution in [0.1, 0.15) is 16.7 Å². The molecule has 0 spiro atoms. The lowest BCUT2D eigenvalue weighted by Gasteiger charge is -2.21. The summed E-state index contributed by atoms with van der Waals surface area (Å²) in [5, 5.41) is 18.8. The molecule has 3 N–H and O–H groups in total. The molecule has 160 valence electrons. The summed E-state index contributed by atoms with van der Waals surface area (Å²) in [7, 11) is 1.64. The van der Waals surface area contributed by atoms with Crippen LogP contribution in [0.2, 0.25) is 0 Å². The molecule has 0 fully saturated rings. The molecular weight excluding hydrogens is 409 g/mol. The van der Waals surface area contributed by atoms with Gasteiger partial charge in [-0.1, -0.05) is 48.5 Å². The maximum Gasteiger partial charge on any atom is 0.290 e. The molecule has 0 saturated carbocycles. The number of ether oxygens (including phenoxy) is 1. The molecule has 1 unspecified atom stereocenters. The van der Waals surface area contributed by atoms with E-state index in [1.54, 1.807) is 7.05 Å². The average molecular weight is 429 g/mol. The number of likely N-dealkylation sites (N-methyl/N-ethyl adjacent to an activating group) is 1. The molecule has 3 aromatic rings. The maximum atomic E-state index is 13.1. The summed E-state index contributed by atoms with van der Waals surface area (Å²) in [6.45, 7) is 0. The number of carbonyl (C=O) groups is 1. The van der Waals surface area contributed by atoms with Crippen molar-refractivity contribution in [1.82, 2.24) is 5.32 Å². The number of rotatable bonds is 3. The molecule has 1 aliphatic rings. The van der Waals surface area contributed by atoms with E-state index in [1.165, 1.54) is 29.2 Å². The van der Waals surface area contributed by atoms with Gasteiger partial charge in [0.1, 0.15) is 5.82 Å². The Balaban J connectivity index is 1.63. The Morgan fingerprint density at radius 1 is 1.00 bits per heavy atom. The number of hydrogen-bond donors (Lipinski definition) is 3. The van der Waals surface area contributed by atoms with E-state index in [1.807, 2.05) is 54.6 Å². The molecule has 3 aromatic carbocycles. The lowest BCUT2D eigenvalue weighted by Crippen LogP contribution is -2.46. The highest BCUT2D eigenvalue weighted by Gasteiger charge is 2.30. The van der Waals surface area contributed by atoms with E-state index in [0.717, 1.165) is 11.1 Å². The maximum absolute atomic E-state index is 13.1. The number of hydrogen-bond acceptors (Lipinski definition) is 5. The van der Waals surface area contributed by atoms with E-state index < -0.39 is 18.0 Å². The van der Waals surface area contributed by atoms with Crippen LogP contribution in [-0.2, 0) is 9.53 Å². The van der Waals surface area contributed by atoms with Gasteiger partial charge in [0, 0.05) is 23.7 Å². The summed E-state index contributed by atoms with van der Waals surface area (Å²) < 4.78 is 18.3. The Bertz CT molecular complexity index is 1210. The minimum absolute atomic E-state index is 0.295. The number of carbonyl (C=O) groups excluding carboxylic acids is 1. The molecule has 7 nitrogen and oxygen atoms in total. The molecule has 1 amide bonds. The van der Waals surface area contributed by atoms with E-state index in [-0.39, 0.29) is 11.8 Å². The second kappa shape index (κ2) is 8.81. The number of amides is 1. The average Bonchev–Trinajstić information content (AvgIpc) is 2.91. The normalized spacial score (nSPS) is 15.3. The highest BCUT2D eigenvalue weighted by molar-refractivity contribution is 6.20. The first-order valence-corrected chi connectivity index (χ1v) is 9.81. The number of anilines is 1. The molecule has 0 saturated heterocycles. The van der Waals surface area contributed by atoms with Crippen molar-refractivity contribution in [3.8, 4) is 0 Å². The summed E-state index contributed by atoms with van der Waals surface area (Å²) in [4.78, 5) is 19.2. The van der Waals surface area contributed by atoms with Crippen molar-refractivity contribution in [1.29, 1.82) is 10.8 Å². The fraction of sp³-hybridized carbons (Fsp3) is 0.0833. The second-order valence-corrected chi connectivity index (χ2v) is 7.07. The molecule has 0 radical (unpaired) electrons. The largest absolute Gasteiger partial charge is 0.407 e. The number of benzodiazepines with no additional fused rings is 1. The Labute approximate surface area is 184 Å². The molecule has 1 atom stereocenters. The van der Waals surface area contributed by atoms with Gasteiger partial charge in [-0.15, -0.1) is 0 Å². The molecule has 0 aliphatic carbocycles. The third-order valence-corrected chi connectivity index (χ3v) is 4.97. The van der Waals surface area contributed by atoms with Gasteiger partial charge in [0.05, 0.1) is 11.4 Å². The summed E-state index contributed by atoms with van der Waals surface area (Å²) in [5.74, 6) is -1.18. The van der Waals surface area contributed by atoms with Crippen LogP contribution in [0.4, 0.5) is 10.1 Å². The minimum Gasteiger partial charge on any atom is -0.407 e. The first-order chi connectivity index (χ1) is 15.4. The SMILES string of the molecule is CN1C(=O)C(NC(=N)OC(=N)c2ccc(F)cc2)N=C(c2ccccc2)c2ccccc21. The molecule has 1 aliphatic heterocycles. The van der Waals surface area contributed by atoms with Crippen LogP contribution in [0.25, 0.3) is 0 Å². The van der Waals surface area contributed by atoms with Crippen molar-refractivity contribution in [2.45, 2.75) is 6.17 Å². The number of aliphatic imine (C=N–C) groups is 1. The van der Waals surface area contributed by atoms with Crippen LogP contribution in [-0.4, -0.2) is 36.8 Å². The van der Waals surface area contributed by atoms with Crippen molar-refractivity contribution >= 4 is 29.2 Å². The number of halogens is 1. The van der Waals surface area contributed by atoms with Gasteiger partial charge in [-0.2, -0.15) is 0 Å². The lowest BCUT2D eigenvalue weighted by atomic mass is 10.0. The zero-order valence-electron chi connectivity index (χ0n) is 17.2. The van der Waals surface area contributed by atoms with E-state index in [0.29, 0.717) is 17.0 Å². The van der Waals surface area contributed by atoms with Crippen molar-refractivity contribution in [2.24, 2.45) is 4.99 Å². The Morgan fingerprint density at radius 2 is 1.66 bits per heavy atom. The highest BCUT2D eigenvalue weighted by atomic mass is 19.1. The predicted molar refractivity (Wildman–Crippen MR) is 121 cm³/mol. The monoisotopic (exact) mass is 429 g/mol. The smallest absolute Gasteiger partial charge is 0.290 e. The number of fused-ring (bicyclic) bond motifs is 1. The quantitative estimate of drug-likeness (QED) is 0.438. The van der Waals surface area contributed by atoms with Crippen LogP contribution in [0.3, 0.4) is 0 Å². The molecule has 4 rings (SSSR count). The van der Waals surface area contributed by atoms with Crippen LogP contribution in [0.5, 0.6) is 0 Å². The third kappa shape index (κ3) is 4.24. The molecule has 8 heteroatoms. The fourth-order valence-corrected chi connectivity index (χ4v) is 3.36. The van der Waals surface area contributed by atoms with Gasteiger partial charge >= 0.3 is 0 Å². The first-order valence-electron chi connectivity index (χ1n) is 9.81. The topological polar surface area (TPSA) is 102 Å². The Kier molecular flexibility index (Phi) is 5.76. The summed E-state index contributed by atoms with van der Waals surface area (Å²) in [6, 6.07) is 21.5. The Hall–Kier alpha value is -4.33. The number of para-hydroxylation sites is 1. The van der Waals surface area contributed by atoms with Crippen molar-refractivity contribution in [2.75, 3.05) is 11.9 Å². The van der Waals surface area contributed by atoms with Crippen LogP contribution in [0, 0.1) is 16.6 Å². The van der Waals surface area contributed by atoms with Crippen LogP contribution < -0.4 is 10.2 Å². The third-order valence-electron chi connectivity index (χ3n) is 4.97. The summed E-state index contributed by atoms with van der Waals surface area (Å²) in [5.41, 5.74) is 3.18. The number of nitrogens with one attached hydrogen (secondary N) is 3. The molecule has 0 aromatic heterocycles. The Morgan fingerprint density at radius 3 is 2.38 bits per heavy atom. The van der Waals surface area contributed by atoms with Crippen molar-refractivity contribution in [3.05, 3.63) is 101 Å². The molecule has 0 bridgehead atoms. The minimum atomic E-state index is -1.14. The van der Waals surface area contributed by atoms with Gasteiger partial charge in [0.15, 0.2) is 0 Å². The molecular formula is C24H20FN5O2. The van der Waals surface area contributed by atoms with Gasteiger partial charge < -0.3 is 15.0 Å². The zero-order valence-corrected chi connectivity index (χ0v) is 17.2. The summed E-state index contributed by atoms with van der Waals surface area (Å²) in [6.07, 6.45) is -1.14. The van der Waals surface area contributed by atoms with Gasteiger partial charge in [-0.25, -0.2) is 9.38 Å². The molecule has 32 heavy (non-hydrogen) atoms. The first kappa shape index (κ1) is 20.9. The fourth-order valence-electron chi connectivity index (χ4n) is 3.36. The lowest BCUT2D eigenvalue weighted by molar-refractivity contribution is -0.119. The standard InChI is InChI=1S/C24H20FN5O2/c1-30-19-10-6-5-9-18(19)20(15-7-3-2-4-8-15)28-22(23(30)31)29-24(27)32-21(26)16-11-13-17(25)14-12-16/h2-14,22,26H,1H3,(H2,27,29). The van der Waals surface area contributed by atoms with Crippen LogP contribution >= 0.6 is 0 Å². The number of benzene rings is 3. The predicted octanol–water partition coefficient (Wildman–Crippen LogP) is 3.53.